The number of nitrogens with two attached hydrogens (primary N) is 1. The van der Waals surface area contributed by atoms with Gasteiger partial charge in [-0.3, -0.25) is 4.79 Å². The Balaban J connectivity index is 2.73. The van der Waals surface area contributed by atoms with Crippen LogP contribution in [0.1, 0.15) is 12.5 Å². The molecule has 0 radical (unpaired) electrons. The molecule has 1 rings (SSSR count). The number of halogens is 1. The van der Waals surface area contributed by atoms with Crippen molar-refractivity contribution in [3.8, 4) is 0 Å². The lowest BCUT2D eigenvalue weighted by Gasteiger charge is -2.13. The maximum atomic E-state index is 13.3. The minimum Gasteiger partial charge on any atom is -0.352 e. The highest BCUT2D eigenvalue weighted by Crippen LogP contribution is 2.15. The van der Waals surface area contributed by atoms with Gasteiger partial charge in [0.1, 0.15) is 11.9 Å². The van der Waals surface area contributed by atoms with E-state index in [1.165, 1.54) is 19.1 Å². The molecule has 1 unspecified atom stereocenters. The Morgan fingerprint density at radius 3 is 2.65 bits per heavy atom. The van der Waals surface area contributed by atoms with E-state index in [0.717, 1.165) is 5.56 Å². The van der Waals surface area contributed by atoms with Gasteiger partial charge in [-0.2, -0.15) is 0 Å². The molecule has 17 heavy (non-hydrogen) atoms. The van der Waals surface area contributed by atoms with Crippen molar-refractivity contribution in [2.24, 2.45) is 5.73 Å². The number of benzene rings is 1. The zero-order chi connectivity index (χ0) is 13.0. The molecule has 4 N–H and O–H groups in total. The highest BCUT2D eigenvalue weighted by Gasteiger charge is 2.15. The zero-order valence-corrected chi connectivity index (χ0v) is 9.58. The fraction of sp³-hybridized carbons (Fsp3) is 0.273. The van der Waals surface area contributed by atoms with Crippen LogP contribution in [0.2, 0.25) is 0 Å². The lowest BCUT2D eigenvalue weighted by molar-refractivity contribution is -0.117. The zero-order valence-electron chi connectivity index (χ0n) is 9.58. The Morgan fingerprint density at radius 2 is 2.06 bits per heavy atom. The van der Waals surface area contributed by atoms with E-state index in [-0.39, 0.29) is 5.69 Å². The van der Waals surface area contributed by atoms with Crippen molar-refractivity contribution in [2.75, 3.05) is 5.32 Å². The highest BCUT2D eigenvalue weighted by atomic mass is 19.1. The van der Waals surface area contributed by atoms with Crippen molar-refractivity contribution < 1.29 is 14.0 Å². The first kappa shape index (κ1) is 13.0. The number of hydrogen-bond acceptors (Lipinski definition) is 2. The van der Waals surface area contributed by atoms with Crippen LogP contribution in [0.25, 0.3) is 0 Å². The number of aryl methyl sites for hydroxylation is 1. The molecule has 3 amide bonds. The quantitative estimate of drug-likeness (QED) is 0.738. The highest BCUT2D eigenvalue weighted by molar-refractivity contribution is 5.96. The molecule has 1 aromatic carbocycles. The number of nitrogens with one attached hydrogen (secondary N) is 2. The first-order chi connectivity index (χ1) is 7.90. The van der Waals surface area contributed by atoms with Crippen LogP contribution < -0.4 is 16.4 Å². The third-order valence-corrected chi connectivity index (χ3v) is 2.13. The van der Waals surface area contributed by atoms with Gasteiger partial charge < -0.3 is 16.4 Å². The molecule has 5 nitrogen and oxygen atoms in total. The maximum Gasteiger partial charge on any atom is 0.312 e. The van der Waals surface area contributed by atoms with Gasteiger partial charge in [-0.25, -0.2) is 9.18 Å². The predicted octanol–water partition coefficient (Wildman–Crippen LogP) is 1.13. The van der Waals surface area contributed by atoms with Gasteiger partial charge in [0, 0.05) is 0 Å². The van der Waals surface area contributed by atoms with Crippen LogP contribution in [0.3, 0.4) is 0 Å². The van der Waals surface area contributed by atoms with Gasteiger partial charge in [-0.15, -0.1) is 0 Å². The molecule has 0 fully saturated rings. The number of anilines is 1. The number of amides is 3. The molecule has 1 aromatic rings. The molecule has 1 atom stereocenters. The van der Waals surface area contributed by atoms with E-state index < -0.39 is 23.8 Å². The summed E-state index contributed by atoms with van der Waals surface area (Å²) in [6, 6.07) is 2.72. The second kappa shape index (κ2) is 5.29. The SMILES string of the molecule is Cc1ccc(F)c(NC(=O)C(C)NC(N)=O)c1. The van der Waals surface area contributed by atoms with Crippen LogP contribution in [-0.2, 0) is 4.79 Å². The van der Waals surface area contributed by atoms with Crippen molar-refractivity contribution in [1.29, 1.82) is 0 Å². The normalized spacial score (nSPS) is 11.7. The maximum absolute atomic E-state index is 13.3. The summed E-state index contributed by atoms with van der Waals surface area (Å²) in [6.45, 7) is 3.23. The van der Waals surface area contributed by atoms with Crippen molar-refractivity contribution in [3.05, 3.63) is 29.6 Å². The molecule has 0 aliphatic carbocycles. The second-order valence-corrected chi connectivity index (χ2v) is 3.70. The van der Waals surface area contributed by atoms with Crippen LogP contribution in [0.5, 0.6) is 0 Å². The van der Waals surface area contributed by atoms with Crippen molar-refractivity contribution >= 4 is 17.6 Å². The molecule has 0 saturated carbocycles. The summed E-state index contributed by atoms with van der Waals surface area (Å²) in [4.78, 5) is 22.1. The Labute approximate surface area is 98.2 Å². The number of carbonyl (C=O) groups excluding carboxylic acids is 2. The van der Waals surface area contributed by atoms with Crippen LogP contribution in [0.4, 0.5) is 14.9 Å². The Hall–Kier alpha value is -2.11. The number of hydrogen-bond donors (Lipinski definition) is 3. The summed E-state index contributed by atoms with van der Waals surface area (Å²) in [5, 5.41) is 4.57. The van der Waals surface area contributed by atoms with E-state index >= 15 is 0 Å². The van der Waals surface area contributed by atoms with E-state index in [1.807, 2.05) is 0 Å². The Morgan fingerprint density at radius 1 is 1.41 bits per heavy atom. The average Bonchev–Trinajstić information content (AvgIpc) is 2.22. The van der Waals surface area contributed by atoms with Gasteiger partial charge in [-0.05, 0) is 31.5 Å². The lowest BCUT2D eigenvalue weighted by Crippen LogP contribution is -2.44. The van der Waals surface area contributed by atoms with Crippen LogP contribution in [0, 0.1) is 12.7 Å². The molecule has 0 spiro atoms. The molecule has 0 aliphatic rings. The number of urea groups is 1. The molecule has 0 heterocycles. The summed E-state index contributed by atoms with van der Waals surface area (Å²) < 4.78 is 13.3. The third kappa shape index (κ3) is 3.75. The summed E-state index contributed by atoms with van der Waals surface area (Å²) in [5.74, 6) is -1.07. The van der Waals surface area contributed by atoms with E-state index in [1.54, 1.807) is 13.0 Å². The van der Waals surface area contributed by atoms with Gasteiger partial charge in [0.15, 0.2) is 0 Å². The van der Waals surface area contributed by atoms with Crippen molar-refractivity contribution in [2.45, 2.75) is 19.9 Å². The molecular formula is C11H14FN3O2. The monoisotopic (exact) mass is 239 g/mol. The summed E-state index contributed by atoms with van der Waals surface area (Å²) >= 11 is 0. The Bertz CT molecular complexity index is 448. The fourth-order valence-corrected chi connectivity index (χ4v) is 1.25. The first-order valence-electron chi connectivity index (χ1n) is 5.03. The molecule has 92 valence electrons. The molecule has 0 saturated heterocycles. The van der Waals surface area contributed by atoms with Gasteiger partial charge >= 0.3 is 6.03 Å². The number of rotatable bonds is 3. The summed E-state index contributed by atoms with van der Waals surface area (Å²) in [5.41, 5.74) is 5.77. The minimum atomic E-state index is -0.826. The minimum absolute atomic E-state index is 0.0770. The smallest absolute Gasteiger partial charge is 0.312 e. The Kier molecular flexibility index (Phi) is 4.03. The standard InChI is InChI=1S/C11H14FN3O2/c1-6-3-4-8(12)9(5-6)15-10(16)7(2)14-11(13)17/h3-5,7H,1-2H3,(H,15,16)(H3,13,14,17). The second-order valence-electron chi connectivity index (χ2n) is 3.70. The topological polar surface area (TPSA) is 84.2 Å². The molecule has 6 heteroatoms. The molecule has 0 bridgehead atoms. The third-order valence-electron chi connectivity index (χ3n) is 2.13. The van der Waals surface area contributed by atoms with E-state index in [4.69, 9.17) is 5.73 Å². The van der Waals surface area contributed by atoms with Crippen molar-refractivity contribution in [1.82, 2.24) is 5.32 Å². The van der Waals surface area contributed by atoms with Gasteiger partial charge in [-0.1, -0.05) is 6.07 Å². The number of carbonyl (C=O) groups is 2. The van der Waals surface area contributed by atoms with Crippen LogP contribution in [0.15, 0.2) is 18.2 Å². The number of primary amides is 1. The van der Waals surface area contributed by atoms with E-state index in [0.29, 0.717) is 0 Å². The molecule has 0 aromatic heterocycles. The van der Waals surface area contributed by atoms with Crippen LogP contribution in [-0.4, -0.2) is 18.0 Å². The summed E-state index contributed by atoms with van der Waals surface area (Å²) in [7, 11) is 0. The first-order valence-corrected chi connectivity index (χ1v) is 5.03. The fourth-order valence-electron chi connectivity index (χ4n) is 1.25. The van der Waals surface area contributed by atoms with E-state index in [9.17, 15) is 14.0 Å². The average molecular weight is 239 g/mol. The lowest BCUT2D eigenvalue weighted by atomic mass is 10.2. The van der Waals surface area contributed by atoms with E-state index in [2.05, 4.69) is 10.6 Å². The van der Waals surface area contributed by atoms with Crippen LogP contribution >= 0.6 is 0 Å². The van der Waals surface area contributed by atoms with Gasteiger partial charge in [0.2, 0.25) is 5.91 Å². The van der Waals surface area contributed by atoms with Crippen molar-refractivity contribution in [3.63, 3.8) is 0 Å². The van der Waals surface area contributed by atoms with Gasteiger partial charge in [0.25, 0.3) is 0 Å². The molecular weight excluding hydrogens is 225 g/mol. The predicted molar refractivity (Wildman–Crippen MR) is 61.9 cm³/mol. The van der Waals surface area contributed by atoms with Gasteiger partial charge in [0.05, 0.1) is 5.69 Å². The molecule has 0 aliphatic heterocycles. The summed E-state index contributed by atoms with van der Waals surface area (Å²) in [6.07, 6.45) is 0. The largest absolute Gasteiger partial charge is 0.352 e.